The Morgan fingerprint density at radius 1 is 0.870 bits per heavy atom. The molecule has 2 saturated heterocycles. The van der Waals surface area contributed by atoms with Crippen LogP contribution in [-0.2, 0) is 4.79 Å². The first kappa shape index (κ1) is 19.1. The molecule has 0 aromatic carbocycles. The van der Waals surface area contributed by atoms with E-state index < -0.39 is 0 Å². The van der Waals surface area contributed by atoms with Gasteiger partial charge in [-0.1, -0.05) is 33.6 Å². The molecule has 0 radical (unpaired) electrons. The molecule has 0 aromatic rings. The minimum Gasteiger partial charge on any atom is -0.342 e. The SMILES string of the molecule is CC(C)(C)SCCN1CCN(CC(=O)N2CCCCCC2)CC1. The van der Waals surface area contributed by atoms with Crippen LogP contribution in [0.5, 0.6) is 0 Å². The predicted molar refractivity (Wildman–Crippen MR) is 100 cm³/mol. The summed E-state index contributed by atoms with van der Waals surface area (Å²) in [5.74, 6) is 1.56. The topological polar surface area (TPSA) is 26.8 Å². The number of hydrogen-bond donors (Lipinski definition) is 0. The molecule has 2 aliphatic heterocycles. The minimum atomic E-state index is 0.351. The summed E-state index contributed by atoms with van der Waals surface area (Å²) in [5, 5.41) is 0. The molecule has 5 heteroatoms. The molecule has 0 aromatic heterocycles. The van der Waals surface area contributed by atoms with Gasteiger partial charge in [0.05, 0.1) is 6.54 Å². The highest BCUT2D eigenvalue weighted by Crippen LogP contribution is 2.22. The molecule has 134 valence electrons. The highest BCUT2D eigenvalue weighted by Gasteiger charge is 2.22. The van der Waals surface area contributed by atoms with E-state index in [9.17, 15) is 4.79 Å². The van der Waals surface area contributed by atoms with Crippen molar-refractivity contribution in [2.24, 2.45) is 0 Å². The van der Waals surface area contributed by atoms with Gasteiger partial charge in [0.25, 0.3) is 0 Å². The number of thioether (sulfide) groups is 1. The Labute approximate surface area is 146 Å². The molecule has 2 heterocycles. The molecule has 0 bridgehead atoms. The summed E-state index contributed by atoms with van der Waals surface area (Å²) in [6, 6.07) is 0. The zero-order chi connectivity index (χ0) is 16.7. The van der Waals surface area contributed by atoms with Crippen LogP contribution in [-0.4, -0.2) is 83.5 Å². The largest absolute Gasteiger partial charge is 0.342 e. The fourth-order valence-corrected chi connectivity index (χ4v) is 4.23. The zero-order valence-electron chi connectivity index (χ0n) is 15.4. The van der Waals surface area contributed by atoms with Crippen molar-refractivity contribution in [1.29, 1.82) is 0 Å². The molecular formula is C18H35N3OS. The lowest BCUT2D eigenvalue weighted by atomic mass is 10.2. The Kier molecular flexibility index (Phi) is 7.70. The van der Waals surface area contributed by atoms with E-state index in [-0.39, 0.29) is 0 Å². The second-order valence-electron chi connectivity index (χ2n) is 7.87. The van der Waals surface area contributed by atoms with Gasteiger partial charge in [-0.15, -0.1) is 0 Å². The van der Waals surface area contributed by atoms with Crippen molar-refractivity contribution in [1.82, 2.24) is 14.7 Å². The lowest BCUT2D eigenvalue weighted by Gasteiger charge is -2.35. The molecule has 2 aliphatic rings. The van der Waals surface area contributed by atoms with Gasteiger partial charge in [-0.05, 0) is 12.8 Å². The van der Waals surface area contributed by atoms with Gasteiger partial charge < -0.3 is 4.90 Å². The van der Waals surface area contributed by atoms with Crippen LogP contribution < -0.4 is 0 Å². The van der Waals surface area contributed by atoms with Gasteiger partial charge in [0.1, 0.15) is 0 Å². The third-order valence-electron chi connectivity index (χ3n) is 4.73. The number of rotatable bonds is 5. The van der Waals surface area contributed by atoms with E-state index in [0.29, 0.717) is 17.2 Å². The smallest absolute Gasteiger partial charge is 0.236 e. The molecule has 0 atom stereocenters. The van der Waals surface area contributed by atoms with Crippen LogP contribution in [0.1, 0.15) is 46.5 Å². The summed E-state index contributed by atoms with van der Waals surface area (Å²) >= 11 is 2.04. The van der Waals surface area contributed by atoms with E-state index >= 15 is 0 Å². The molecule has 0 saturated carbocycles. The normalized spacial score (nSPS) is 22.1. The van der Waals surface area contributed by atoms with Crippen molar-refractivity contribution in [3.8, 4) is 0 Å². The third-order valence-corrected chi connectivity index (χ3v) is 5.98. The third kappa shape index (κ3) is 7.44. The number of hydrogen-bond acceptors (Lipinski definition) is 4. The molecule has 0 spiro atoms. The van der Waals surface area contributed by atoms with Gasteiger partial charge in [-0.3, -0.25) is 14.6 Å². The Morgan fingerprint density at radius 3 is 2.00 bits per heavy atom. The highest BCUT2D eigenvalue weighted by atomic mass is 32.2. The second kappa shape index (κ2) is 9.28. The number of nitrogens with zero attached hydrogens (tertiary/aromatic N) is 3. The van der Waals surface area contributed by atoms with Gasteiger partial charge >= 0.3 is 0 Å². The summed E-state index contributed by atoms with van der Waals surface area (Å²) in [7, 11) is 0. The Balaban J connectivity index is 1.63. The van der Waals surface area contributed by atoms with E-state index in [0.717, 1.165) is 39.3 Å². The van der Waals surface area contributed by atoms with Gasteiger partial charge in [0.2, 0.25) is 5.91 Å². The molecule has 2 rings (SSSR count). The number of piperazine rings is 1. The van der Waals surface area contributed by atoms with Crippen LogP contribution in [0.4, 0.5) is 0 Å². The van der Waals surface area contributed by atoms with Crippen LogP contribution in [0.25, 0.3) is 0 Å². The number of amides is 1. The first-order valence-corrected chi connectivity index (χ1v) is 10.3. The Bertz CT molecular complexity index is 354. The van der Waals surface area contributed by atoms with Crippen LogP contribution in [0, 0.1) is 0 Å². The molecular weight excluding hydrogens is 306 g/mol. The van der Waals surface area contributed by atoms with Crippen molar-refractivity contribution in [2.75, 3.05) is 58.1 Å². The van der Waals surface area contributed by atoms with E-state index in [1.807, 2.05) is 11.8 Å². The first-order valence-electron chi connectivity index (χ1n) is 9.30. The predicted octanol–water partition coefficient (Wildman–Crippen LogP) is 2.54. The van der Waals surface area contributed by atoms with Gasteiger partial charge in [-0.2, -0.15) is 11.8 Å². The van der Waals surface area contributed by atoms with Crippen molar-refractivity contribution >= 4 is 17.7 Å². The first-order chi connectivity index (χ1) is 10.9. The maximum atomic E-state index is 12.5. The summed E-state index contributed by atoms with van der Waals surface area (Å²) in [4.78, 5) is 19.4. The van der Waals surface area contributed by atoms with Crippen LogP contribution in [0.2, 0.25) is 0 Å². The van der Waals surface area contributed by atoms with E-state index in [1.165, 1.54) is 38.0 Å². The Morgan fingerprint density at radius 2 is 1.43 bits per heavy atom. The van der Waals surface area contributed by atoms with Crippen molar-refractivity contribution < 1.29 is 4.79 Å². The number of carbonyl (C=O) groups excluding carboxylic acids is 1. The Hall–Kier alpha value is -0.260. The van der Waals surface area contributed by atoms with Gasteiger partial charge in [-0.25, -0.2) is 0 Å². The molecule has 0 aliphatic carbocycles. The summed E-state index contributed by atoms with van der Waals surface area (Å²) < 4.78 is 0.362. The van der Waals surface area contributed by atoms with Gasteiger partial charge in [0, 0.05) is 56.3 Å². The van der Waals surface area contributed by atoms with Gasteiger partial charge in [0.15, 0.2) is 0 Å². The standard InChI is InChI=1S/C18H35N3OS/c1-18(2,3)23-15-14-19-10-12-20(13-11-19)16-17(22)21-8-6-4-5-7-9-21/h4-16H2,1-3H3. The average molecular weight is 342 g/mol. The average Bonchev–Trinajstić information content (AvgIpc) is 2.77. The fraction of sp³-hybridized carbons (Fsp3) is 0.944. The second-order valence-corrected chi connectivity index (χ2v) is 9.80. The molecule has 23 heavy (non-hydrogen) atoms. The summed E-state index contributed by atoms with van der Waals surface area (Å²) in [5.41, 5.74) is 0. The van der Waals surface area contributed by atoms with E-state index in [2.05, 4.69) is 35.5 Å². The van der Waals surface area contributed by atoms with Crippen LogP contribution >= 0.6 is 11.8 Å². The van der Waals surface area contributed by atoms with Crippen LogP contribution in [0.3, 0.4) is 0 Å². The van der Waals surface area contributed by atoms with Crippen molar-refractivity contribution in [3.63, 3.8) is 0 Å². The molecule has 0 N–H and O–H groups in total. The summed E-state index contributed by atoms with van der Waals surface area (Å²) in [6.45, 7) is 14.9. The molecule has 4 nitrogen and oxygen atoms in total. The fourth-order valence-electron chi connectivity index (χ4n) is 3.26. The minimum absolute atomic E-state index is 0.351. The summed E-state index contributed by atoms with van der Waals surface area (Å²) in [6.07, 6.45) is 4.94. The quantitative estimate of drug-likeness (QED) is 0.768. The molecule has 0 unspecified atom stereocenters. The number of likely N-dealkylation sites (tertiary alicyclic amines) is 1. The van der Waals surface area contributed by atoms with Crippen molar-refractivity contribution in [3.05, 3.63) is 0 Å². The van der Waals surface area contributed by atoms with Crippen LogP contribution in [0.15, 0.2) is 0 Å². The monoisotopic (exact) mass is 341 g/mol. The lowest BCUT2D eigenvalue weighted by molar-refractivity contribution is -0.132. The van der Waals surface area contributed by atoms with E-state index in [4.69, 9.17) is 0 Å². The highest BCUT2D eigenvalue weighted by molar-refractivity contribution is 8.00. The molecule has 1 amide bonds. The van der Waals surface area contributed by atoms with E-state index in [1.54, 1.807) is 0 Å². The zero-order valence-corrected chi connectivity index (χ0v) is 16.2. The maximum absolute atomic E-state index is 12.5. The lowest BCUT2D eigenvalue weighted by Crippen LogP contribution is -2.50. The maximum Gasteiger partial charge on any atom is 0.236 e. The van der Waals surface area contributed by atoms with Crippen molar-refractivity contribution in [2.45, 2.75) is 51.2 Å². The number of carbonyl (C=O) groups is 1. The molecule has 2 fully saturated rings.